The molecule has 0 saturated carbocycles. The summed E-state index contributed by atoms with van der Waals surface area (Å²) in [7, 11) is 1.63. The number of carbonyl (C=O) groups excluding carboxylic acids is 3. The first-order valence-electron chi connectivity index (χ1n) is 9.23. The van der Waals surface area contributed by atoms with E-state index < -0.39 is 11.9 Å². The van der Waals surface area contributed by atoms with Crippen molar-refractivity contribution in [1.29, 1.82) is 0 Å². The van der Waals surface area contributed by atoms with Crippen LogP contribution in [0.3, 0.4) is 0 Å². The Morgan fingerprint density at radius 3 is 2.54 bits per heavy atom. The Morgan fingerprint density at radius 2 is 1.82 bits per heavy atom. The predicted octanol–water partition coefficient (Wildman–Crippen LogP) is 2.86. The van der Waals surface area contributed by atoms with Gasteiger partial charge in [0, 0.05) is 31.4 Å². The summed E-state index contributed by atoms with van der Waals surface area (Å²) in [6, 6.07) is 14.9. The van der Waals surface area contributed by atoms with Crippen LogP contribution in [0.1, 0.15) is 17.5 Å². The van der Waals surface area contributed by atoms with Crippen LogP contribution in [0.25, 0.3) is 0 Å². The van der Waals surface area contributed by atoms with Crippen LogP contribution in [0.5, 0.6) is 0 Å². The molecule has 1 heterocycles. The van der Waals surface area contributed by atoms with Crippen LogP contribution < -0.4 is 9.80 Å². The number of esters is 1. The molecule has 0 N–H and O–H groups in total. The van der Waals surface area contributed by atoms with Gasteiger partial charge in [0.25, 0.3) is 5.91 Å². The lowest BCUT2D eigenvalue weighted by Gasteiger charge is -2.20. The quantitative estimate of drug-likeness (QED) is 0.748. The summed E-state index contributed by atoms with van der Waals surface area (Å²) >= 11 is 0. The monoisotopic (exact) mass is 380 g/mol. The molecule has 28 heavy (non-hydrogen) atoms. The third kappa shape index (κ3) is 4.06. The average molecular weight is 380 g/mol. The number of likely N-dealkylation sites (N-methyl/N-ethyl adjacent to an activating group) is 1. The van der Waals surface area contributed by atoms with Gasteiger partial charge in [-0.1, -0.05) is 30.3 Å². The van der Waals surface area contributed by atoms with E-state index in [0.717, 1.165) is 22.5 Å². The van der Waals surface area contributed by atoms with E-state index in [1.807, 2.05) is 50.2 Å². The fourth-order valence-corrected chi connectivity index (χ4v) is 3.27. The summed E-state index contributed by atoms with van der Waals surface area (Å²) < 4.78 is 5.21. The van der Waals surface area contributed by atoms with Crippen molar-refractivity contribution in [3.63, 3.8) is 0 Å². The molecule has 1 fully saturated rings. The normalized spacial score (nSPS) is 16.2. The molecule has 0 spiro atoms. The maximum absolute atomic E-state index is 12.4. The number of ether oxygens (including phenoxy) is 1. The summed E-state index contributed by atoms with van der Waals surface area (Å²) in [6.45, 7) is 3.87. The lowest BCUT2D eigenvalue weighted by atomic mass is 10.1. The van der Waals surface area contributed by atoms with Crippen LogP contribution in [0.4, 0.5) is 11.4 Å². The molecule has 1 aliphatic rings. The Bertz CT molecular complexity index is 895. The summed E-state index contributed by atoms with van der Waals surface area (Å²) in [4.78, 5) is 40.2. The summed E-state index contributed by atoms with van der Waals surface area (Å²) in [5.41, 5.74) is 3.65. The minimum atomic E-state index is -0.567. The Hall–Kier alpha value is -3.15. The van der Waals surface area contributed by atoms with Crippen LogP contribution in [0.15, 0.2) is 48.5 Å². The molecular formula is C22H24N2O4. The molecule has 0 unspecified atom stereocenters. The highest BCUT2D eigenvalue weighted by Gasteiger charge is 2.37. The van der Waals surface area contributed by atoms with Crippen LogP contribution in [-0.2, 0) is 19.1 Å². The number of aryl methyl sites for hydroxylation is 1. The zero-order valence-corrected chi connectivity index (χ0v) is 16.3. The number of carbonyl (C=O) groups is 3. The van der Waals surface area contributed by atoms with Gasteiger partial charge >= 0.3 is 5.97 Å². The van der Waals surface area contributed by atoms with Crippen molar-refractivity contribution >= 4 is 29.2 Å². The largest absolute Gasteiger partial charge is 0.455 e. The van der Waals surface area contributed by atoms with E-state index in [2.05, 4.69) is 0 Å². The van der Waals surface area contributed by atoms with E-state index in [1.165, 1.54) is 4.90 Å². The second-order valence-corrected chi connectivity index (χ2v) is 7.02. The molecule has 146 valence electrons. The smallest absolute Gasteiger partial charge is 0.311 e. The minimum Gasteiger partial charge on any atom is -0.455 e. The Morgan fingerprint density at radius 1 is 1.11 bits per heavy atom. The third-order valence-corrected chi connectivity index (χ3v) is 5.18. The number of amides is 2. The SMILES string of the molecule is Cc1cccc(N2C[C@@H](C(=O)OCC(=O)N(C)c3ccccc3)CC2=O)c1C. The van der Waals surface area contributed by atoms with Gasteiger partial charge < -0.3 is 14.5 Å². The van der Waals surface area contributed by atoms with Crippen molar-refractivity contribution in [1.82, 2.24) is 0 Å². The molecule has 2 aromatic rings. The third-order valence-electron chi connectivity index (χ3n) is 5.18. The molecule has 0 aromatic heterocycles. The molecular weight excluding hydrogens is 356 g/mol. The lowest BCUT2D eigenvalue weighted by molar-refractivity contribution is -0.151. The fourth-order valence-electron chi connectivity index (χ4n) is 3.27. The van der Waals surface area contributed by atoms with E-state index >= 15 is 0 Å². The van der Waals surface area contributed by atoms with Crippen molar-refractivity contribution < 1.29 is 19.1 Å². The molecule has 2 amide bonds. The minimum absolute atomic E-state index is 0.0922. The number of para-hydroxylation sites is 1. The topological polar surface area (TPSA) is 66.9 Å². The molecule has 6 heteroatoms. The van der Waals surface area contributed by atoms with Crippen molar-refractivity contribution in [2.75, 3.05) is 30.0 Å². The standard InChI is InChI=1S/C22H24N2O4/c1-15-8-7-11-19(16(15)2)24-13-17(12-20(24)25)22(27)28-14-21(26)23(3)18-9-5-4-6-10-18/h4-11,17H,12-14H2,1-3H3/t17-/m0/s1. The van der Waals surface area contributed by atoms with Gasteiger partial charge in [-0.2, -0.15) is 0 Å². The number of benzene rings is 2. The first kappa shape index (κ1) is 19.6. The van der Waals surface area contributed by atoms with E-state index in [-0.39, 0.29) is 31.4 Å². The Labute approximate surface area is 164 Å². The first-order valence-corrected chi connectivity index (χ1v) is 9.23. The van der Waals surface area contributed by atoms with Crippen LogP contribution >= 0.6 is 0 Å². The lowest BCUT2D eigenvalue weighted by Crippen LogP contribution is -2.33. The van der Waals surface area contributed by atoms with Crippen molar-refractivity contribution in [2.45, 2.75) is 20.3 Å². The summed E-state index contributed by atoms with van der Waals surface area (Å²) in [6.07, 6.45) is 0.0922. The molecule has 2 aromatic carbocycles. The second kappa shape index (κ2) is 8.25. The maximum Gasteiger partial charge on any atom is 0.311 e. The number of anilines is 2. The van der Waals surface area contributed by atoms with Gasteiger partial charge in [0.2, 0.25) is 5.91 Å². The highest BCUT2D eigenvalue weighted by molar-refractivity contribution is 6.00. The van der Waals surface area contributed by atoms with Gasteiger partial charge in [-0.05, 0) is 43.2 Å². The molecule has 1 aliphatic heterocycles. The first-order chi connectivity index (χ1) is 13.4. The second-order valence-electron chi connectivity index (χ2n) is 7.02. The predicted molar refractivity (Wildman–Crippen MR) is 107 cm³/mol. The Kier molecular flexibility index (Phi) is 5.78. The van der Waals surface area contributed by atoms with Crippen molar-refractivity contribution in [3.05, 3.63) is 59.7 Å². The van der Waals surface area contributed by atoms with Gasteiger partial charge in [-0.3, -0.25) is 14.4 Å². The van der Waals surface area contributed by atoms with Gasteiger partial charge in [0.05, 0.1) is 5.92 Å². The van der Waals surface area contributed by atoms with Crippen LogP contribution in [0, 0.1) is 19.8 Å². The van der Waals surface area contributed by atoms with E-state index in [1.54, 1.807) is 24.1 Å². The number of nitrogens with zero attached hydrogens (tertiary/aromatic N) is 2. The van der Waals surface area contributed by atoms with Crippen molar-refractivity contribution in [3.8, 4) is 0 Å². The average Bonchev–Trinajstić information content (AvgIpc) is 3.09. The van der Waals surface area contributed by atoms with E-state index in [0.29, 0.717) is 0 Å². The molecule has 1 saturated heterocycles. The molecule has 6 nitrogen and oxygen atoms in total. The highest BCUT2D eigenvalue weighted by atomic mass is 16.5. The Balaban J connectivity index is 1.59. The number of hydrogen-bond acceptors (Lipinski definition) is 4. The summed E-state index contributed by atoms with van der Waals surface area (Å²) in [5.74, 6) is -1.52. The molecule has 1 atom stereocenters. The number of rotatable bonds is 5. The van der Waals surface area contributed by atoms with Crippen molar-refractivity contribution in [2.24, 2.45) is 5.92 Å². The number of hydrogen-bond donors (Lipinski definition) is 0. The van der Waals surface area contributed by atoms with E-state index in [9.17, 15) is 14.4 Å². The zero-order chi connectivity index (χ0) is 20.3. The van der Waals surface area contributed by atoms with Gasteiger partial charge in [-0.15, -0.1) is 0 Å². The molecule has 0 bridgehead atoms. The van der Waals surface area contributed by atoms with Gasteiger partial charge in [0.1, 0.15) is 0 Å². The van der Waals surface area contributed by atoms with Crippen LogP contribution in [-0.4, -0.2) is 38.0 Å². The zero-order valence-electron chi connectivity index (χ0n) is 16.3. The van der Waals surface area contributed by atoms with Crippen LogP contribution in [0.2, 0.25) is 0 Å². The fraction of sp³-hybridized carbons (Fsp3) is 0.318. The molecule has 0 radical (unpaired) electrons. The molecule has 0 aliphatic carbocycles. The summed E-state index contributed by atoms with van der Waals surface area (Å²) in [5, 5.41) is 0. The highest BCUT2D eigenvalue weighted by Crippen LogP contribution is 2.29. The maximum atomic E-state index is 12.4. The molecule has 3 rings (SSSR count). The van der Waals surface area contributed by atoms with Gasteiger partial charge in [0.15, 0.2) is 6.61 Å². The van der Waals surface area contributed by atoms with Gasteiger partial charge in [-0.25, -0.2) is 0 Å². The van der Waals surface area contributed by atoms with E-state index in [4.69, 9.17) is 4.74 Å².